The predicted octanol–water partition coefficient (Wildman–Crippen LogP) is 2.99. The van der Waals surface area contributed by atoms with Crippen LogP contribution < -0.4 is 14.4 Å². The maximum atomic E-state index is 5.47. The molecular formula is C19H24ClN3O2. The molecule has 5 nitrogen and oxygen atoms in total. The second-order valence-electron chi connectivity index (χ2n) is 6.46. The summed E-state index contributed by atoms with van der Waals surface area (Å²) in [6.07, 6.45) is 2.90. The number of rotatable bonds is 4. The van der Waals surface area contributed by atoms with E-state index in [9.17, 15) is 0 Å². The van der Waals surface area contributed by atoms with Gasteiger partial charge >= 0.3 is 0 Å². The van der Waals surface area contributed by atoms with Crippen molar-refractivity contribution < 1.29 is 9.47 Å². The smallest absolute Gasteiger partial charge is 0.231 e. The number of aromatic nitrogens is 1. The molecule has 6 heteroatoms. The molecule has 2 aliphatic rings. The van der Waals surface area contributed by atoms with Crippen molar-refractivity contribution in [3.05, 3.63) is 48.2 Å². The minimum Gasteiger partial charge on any atom is -0.454 e. The van der Waals surface area contributed by atoms with E-state index in [0.717, 1.165) is 49.9 Å². The van der Waals surface area contributed by atoms with Gasteiger partial charge in [0.05, 0.1) is 0 Å². The fourth-order valence-electron chi connectivity index (χ4n) is 3.45. The first-order valence-corrected chi connectivity index (χ1v) is 8.58. The zero-order valence-corrected chi connectivity index (χ0v) is 15.2. The number of fused-ring (bicyclic) bond motifs is 1. The van der Waals surface area contributed by atoms with Crippen LogP contribution in [0, 0.1) is 0 Å². The largest absolute Gasteiger partial charge is 0.454 e. The van der Waals surface area contributed by atoms with Gasteiger partial charge in [-0.05, 0) is 43.2 Å². The highest BCUT2D eigenvalue weighted by Gasteiger charge is 2.24. The van der Waals surface area contributed by atoms with Crippen molar-refractivity contribution in [1.29, 1.82) is 0 Å². The van der Waals surface area contributed by atoms with Gasteiger partial charge in [-0.2, -0.15) is 0 Å². The minimum absolute atomic E-state index is 0. The van der Waals surface area contributed by atoms with Crippen LogP contribution in [0.2, 0.25) is 0 Å². The number of hydrogen-bond acceptors (Lipinski definition) is 5. The van der Waals surface area contributed by atoms with Crippen molar-refractivity contribution in [2.75, 3.05) is 37.9 Å². The predicted molar refractivity (Wildman–Crippen MR) is 101 cm³/mol. The lowest BCUT2D eigenvalue weighted by molar-refractivity contribution is 0.174. The fourth-order valence-corrected chi connectivity index (χ4v) is 3.45. The molecule has 1 atom stereocenters. The average Bonchev–Trinajstić information content (AvgIpc) is 3.09. The lowest BCUT2D eigenvalue weighted by Crippen LogP contribution is -2.52. The molecule has 0 bridgehead atoms. The van der Waals surface area contributed by atoms with Crippen molar-refractivity contribution in [2.45, 2.75) is 19.4 Å². The Morgan fingerprint density at radius 1 is 1.12 bits per heavy atom. The summed E-state index contributed by atoms with van der Waals surface area (Å²) < 4.78 is 10.8. The Hall–Kier alpha value is -1.98. The number of ether oxygens (including phenoxy) is 2. The third kappa shape index (κ3) is 3.99. The maximum absolute atomic E-state index is 5.47. The van der Waals surface area contributed by atoms with Crippen LogP contribution in [0.3, 0.4) is 0 Å². The molecule has 2 aliphatic heterocycles. The molecule has 0 aliphatic carbocycles. The van der Waals surface area contributed by atoms with E-state index in [1.54, 1.807) is 0 Å². The highest BCUT2D eigenvalue weighted by molar-refractivity contribution is 5.85. The summed E-state index contributed by atoms with van der Waals surface area (Å²) in [6, 6.07) is 12.9. The Labute approximate surface area is 155 Å². The normalized spacial score (nSPS) is 19.6. The third-order valence-electron chi connectivity index (χ3n) is 4.86. The quantitative estimate of drug-likeness (QED) is 0.837. The van der Waals surface area contributed by atoms with Crippen LogP contribution in [-0.4, -0.2) is 48.9 Å². The van der Waals surface area contributed by atoms with E-state index in [-0.39, 0.29) is 12.4 Å². The van der Waals surface area contributed by atoms with E-state index in [1.807, 2.05) is 18.3 Å². The molecule has 1 unspecified atom stereocenters. The highest BCUT2D eigenvalue weighted by atomic mass is 35.5. The van der Waals surface area contributed by atoms with E-state index in [1.165, 1.54) is 5.56 Å². The Morgan fingerprint density at radius 2 is 2.00 bits per heavy atom. The SMILES string of the molecule is CC1CN(c2ccccn2)CCN1CCc1ccc2c(c1)OCO2.Cl. The molecule has 2 aromatic rings. The summed E-state index contributed by atoms with van der Waals surface area (Å²) in [5.74, 6) is 2.82. The molecule has 0 saturated carbocycles. The molecule has 0 amide bonds. The van der Waals surface area contributed by atoms with Crippen molar-refractivity contribution in [1.82, 2.24) is 9.88 Å². The molecule has 25 heavy (non-hydrogen) atoms. The molecule has 0 N–H and O–H groups in total. The van der Waals surface area contributed by atoms with Crippen LogP contribution in [0.25, 0.3) is 0 Å². The zero-order chi connectivity index (χ0) is 16.4. The van der Waals surface area contributed by atoms with Gasteiger partial charge in [-0.15, -0.1) is 12.4 Å². The molecule has 3 heterocycles. The molecular weight excluding hydrogens is 338 g/mol. The van der Waals surface area contributed by atoms with Crippen LogP contribution in [0.15, 0.2) is 42.6 Å². The van der Waals surface area contributed by atoms with Gasteiger partial charge in [-0.3, -0.25) is 4.90 Å². The van der Waals surface area contributed by atoms with Crippen LogP contribution >= 0.6 is 12.4 Å². The number of piperazine rings is 1. The summed E-state index contributed by atoms with van der Waals surface area (Å²) >= 11 is 0. The minimum atomic E-state index is 0. The van der Waals surface area contributed by atoms with Gasteiger partial charge < -0.3 is 14.4 Å². The second-order valence-corrected chi connectivity index (χ2v) is 6.46. The first kappa shape index (κ1) is 17.8. The fraction of sp³-hybridized carbons (Fsp3) is 0.421. The number of nitrogens with zero attached hydrogens (tertiary/aromatic N) is 3. The van der Waals surface area contributed by atoms with Gasteiger partial charge in [0, 0.05) is 38.4 Å². The number of hydrogen-bond donors (Lipinski definition) is 0. The highest BCUT2D eigenvalue weighted by Crippen LogP contribution is 2.32. The van der Waals surface area contributed by atoms with Gasteiger partial charge in [0.1, 0.15) is 5.82 Å². The van der Waals surface area contributed by atoms with Crippen molar-refractivity contribution in [3.63, 3.8) is 0 Å². The maximum Gasteiger partial charge on any atom is 0.231 e. The number of benzene rings is 1. The van der Waals surface area contributed by atoms with Crippen molar-refractivity contribution in [2.24, 2.45) is 0 Å². The lowest BCUT2D eigenvalue weighted by Gasteiger charge is -2.40. The molecule has 1 fully saturated rings. The van der Waals surface area contributed by atoms with Gasteiger partial charge in [0.15, 0.2) is 11.5 Å². The Kier molecular flexibility index (Phi) is 5.66. The van der Waals surface area contributed by atoms with Gasteiger partial charge in [-0.1, -0.05) is 12.1 Å². The number of halogens is 1. The molecule has 0 radical (unpaired) electrons. The zero-order valence-electron chi connectivity index (χ0n) is 14.4. The van der Waals surface area contributed by atoms with Gasteiger partial charge in [0.2, 0.25) is 6.79 Å². The average molecular weight is 362 g/mol. The second kappa shape index (κ2) is 7.93. The monoisotopic (exact) mass is 361 g/mol. The summed E-state index contributed by atoms with van der Waals surface area (Å²) in [5.41, 5.74) is 1.30. The van der Waals surface area contributed by atoms with Crippen molar-refractivity contribution in [3.8, 4) is 11.5 Å². The number of anilines is 1. The van der Waals surface area contributed by atoms with Gasteiger partial charge in [-0.25, -0.2) is 4.98 Å². The summed E-state index contributed by atoms with van der Waals surface area (Å²) in [7, 11) is 0. The summed E-state index contributed by atoms with van der Waals surface area (Å²) in [5, 5.41) is 0. The molecule has 1 saturated heterocycles. The van der Waals surface area contributed by atoms with Gasteiger partial charge in [0.25, 0.3) is 0 Å². The van der Waals surface area contributed by atoms with E-state index in [0.29, 0.717) is 12.8 Å². The van der Waals surface area contributed by atoms with E-state index < -0.39 is 0 Å². The van der Waals surface area contributed by atoms with E-state index >= 15 is 0 Å². The Morgan fingerprint density at radius 3 is 2.80 bits per heavy atom. The van der Waals surface area contributed by atoms with Crippen LogP contribution in [0.1, 0.15) is 12.5 Å². The van der Waals surface area contributed by atoms with Crippen LogP contribution in [0.4, 0.5) is 5.82 Å². The first-order chi connectivity index (χ1) is 11.8. The van der Waals surface area contributed by atoms with Crippen molar-refractivity contribution >= 4 is 18.2 Å². The molecule has 1 aromatic heterocycles. The summed E-state index contributed by atoms with van der Waals surface area (Å²) in [6.45, 7) is 6.83. The van der Waals surface area contributed by atoms with Crippen LogP contribution in [-0.2, 0) is 6.42 Å². The van der Waals surface area contributed by atoms with E-state index in [2.05, 4.69) is 46.0 Å². The standard InChI is InChI=1S/C19H23N3O2.ClH/c1-15-13-22(19-4-2-3-8-20-19)11-10-21(15)9-7-16-5-6-17-18(12-16)24-14-23-17;/h2-6,8,12,15H,7,9-11,13-14H2,1H3;1H. The molecule has 134 valence electrons. The number of pyridine rings is 1. The van der Waals surface area contributed by atoms with Crippen LogP contribution in [0.5, 0.6) is 11.5 Å². The molecule has 4 rings (SSSR count). The molecule has 1 aromatic carbocycles. The Balaban J connectivity index is 0.00000182. The Bertz CT molecular complexity index is 698. The molecule has 0 spiro atoms. The summed E-state index contributed by atoms with van der Waals surface area (Å²) in [4.78, 5) is 9.41. The third-order valence-corrected chi connectivity index (χ3v) is 4.86. The first-order valence-electron chi connectivity index (χ1n) is 8.58. The topological polar surface area (TPSA) is 37.8 Å². The van der Waals surface area contributed by atoms with E-state index in [4.69, 9.17) is 9.47 Å². The lowest BCUT2D eigenvalue weighted by atomic mass is 10.1.